The number of fused-ring (bicyclic) bond motifs is 3. The molecule has 2 aromatic carbocycles. The molecule has 7 heteroatoms. The molecule has 3 N–H and O–H groups in total. The molecule has 4 rings (SSSR count). The zero-order valence-electron chi connectivity index (χ0n) is 16.8. The van der Waals surface area contributed by atoms with Gasteiger partial charge in [0.1, 0.15) is 17.8 Å². The van der Waals surface area contributed by atoms with Crippen molar-refractivity contribution < 1.29 is 24.5 Å². The van der Waals surface area contributed by atoms with E-state index in [4.69, 9.17) is 13.9 Å². The fourth-order valence-corrected chi connectivity index (χ4v) is 3.60. The van der Waals surface area contributed by atoms with Gasteiger partial charge >= 0.3 is 0 Å². The summed E-state index contributed by atoms with van der Waals surface area (Å²) in [4.78, 5) is 17.3. The summed E-state index contributed by atoms with van der Waals surface area (Å²) in [5.41, 5.74) is 3.48. The van der Waals surface area contributed by atoms with Crippen LogP contribution in [0.4, 0.5) is 0 Å². The number of hydrogen-bond donors (Lipinski definition) is 1. The molecule has 1 aliphatic rings. The van der Waals surface area contributed by atoms with Gasteiger partial charge in [0.2, 0.25) is 0 Å². The largest absolute Gasteiger partial charge is 0.508 e. The van der Waals surface area contributed by atoms with Crippen LogP contribution in [0.2, 0.25) is 0 Å². The third kappa shape index (κ3) is 3.79. The first-order valence-electron chi connectivity index (χ1n) is 9.29. The topological polar surface area (TPSA) is 113 Å². The Hall–Kier alpha value is -3.58. The molecule has 0 bridgehead atoms. The van der Waals surface area contributed by atoms with Crippen LogP contribution in [0.15, 0.2) is 56.9 Å². The minimum absolute atomic E-state index is 0. The number of nitrogens with zero attached hydrogens (tertiary/aromatic N) is 1. The van der Waals surface area contributed by atoms with E-state index in [1.807, 2.05) is 24.3 Å². The highest BCUT2D eigenvalue weighted by atomic mass is 16.5. The Morgan fingerprint density at radius 3 is 2.63 bits per heavy atom. The van der Waals surface area contributed by atoms with Gasteiger partial charge in [0.25, 0.3) is 0 Å². The van der Waals surface area contributed by atoms with Gasteiger partial charge in [-0.25, -0.2) is 0 Å². The van der Waals surface area contributed by atoms with E-state index in [1.165, 1.54) is 6.26 Å². The molecule has 156 valence electrons. The molecule has 0 saturated carbocycles. The minimum atomic E-state index is -0.0868. The average molecular weight is 409 g/mol. The van der Waals surface area contributed by atoms with Crippen LogP contribution in [0.1, 0.15) is 22.3 Å². The van der Waals surface area contributed by atoms with Crippen LogP contribution >= 0.6 is 0 Å². The van der Waals surface area contributed by atoms with Crippen LogP contribution in [0.3, 0.4) is 0 Å². The van der Waals surface area contributed by atoms with E-state index in [9.17, 15) is 9.90 Å². The molecule has 0 radical (unpaired) electrons. The molecular weight excluding hydrogens is 386 g/mol. The van der Waals surface area contributed by atoms with E-state index >= 15 is 0 Å². The van der Waals surface area contributed by atoms with Gasteiger partial charge in [-0.05, 0) is 36.6 Å². The Labute approximate surface area is 173 Å². The van der Waals surface area contributed by atoms with Crippen LogP contribution in [-0.2, 0) is 19.4 Å². The third-order valence-corrected chi connectivity index (χ3v) is 5.09. The molecule has 1 aliphatic carbocycles. The molecule has 7 nitrogen and oxygen atoms in total. The minimum Gasteiger partial charge on any atom is -0.508 e. The number of phenols is 1. The summed E-state index contributed by atoms with van der Waals surface area (Å²) in [6, 6.07) is 10.8. The molecule has 0 amide bonds. The normalized spacial score (nSPS) is 12.1. The van der Waals surface area contributed by atoms with Gasteiger partial charge in [-0.1, -0.05) is 18.2 Å². The summed E-state index contributed by atoms with van der Waals surface area (Å²) < 4.78 is 16.3. The standard InChI is InChI=1S/C23H21NO5.H2O/c1-27-20-9-6-14(10-21(20)28-2)11-24-12-15-13-29-23-17-4-3-5-19(25)16(17)7-8-18(23)22(15)26;/h3-6,9-10,12-13,25H,7-8,11H2,1-2H3;1H2/b24-12+;. The summed E-state index contributed by atoms with van der Waals surface area (Å²) in [6.07, 6.45) is 4.10. The summed E-state index contributed by atoms with van der Waals surface area (Å²) in [5, 5.41) is 10.0. The molecule has 1 aromatic heterocycles. The Morgan fingerprint density at radius 2 is 1.87 bits per heavy atom. The van der Waals surface area contributed by atoms with E-state index in [0.717, 1.165) is 16.7 Å². The van der Waals surface area contributed by atoms with E-state index in [2.05, 4.69) is 4.99 Å². The SMILES string of the molecule is COc1ccc(C/N=C/c2coc3c(c2=O)CCc2c(O)cccc2-3)cc1OC.O. The van der Waals surface area contributed by atoms with E-state index in [0.29, 0.717) is 47.8 Å². The summed E-state index contributed by atoms with van der Waals surface area (Å²) >= 11 is 0. The van der Waals surface area contributed by atoms with Crippen LogP contribution in [0, 0.1) is 0 Å². The lowest BCUT2D eigenvalue weighted by atomic mass is 9.88. The maximum atomic E-state index is 12.9. The number of aliphatic imine (C=N–C) groups is 1. The zero-order chi connectivity index (χ0) is 20.4. The summed E-state index contributed by atoms with van der Waals surface area (Å²) in [5.74, 6) is 2.05. The van der Waals surface area contributed by atoms with Crippen LogP contribution in [-0.4, -0.2) is 31.0 Å². The summed E-state index contributed by atoms with van der Waals surface area (Å²) in [6.45, 7) is 0.396. The van der Waals surface area contributed by atoms with Crippen molar-refractivity contribution in [3.8, 4) is 28.6 Å². The Morgan fingerprint density at radius 1 is 1.10 bits per heavy atom. The molecule has 0 fully saturated rings. The highest BCUT2D eigenvalue weighted by Crippen LogP contribution is 2.36. The number of methoxy groups -OCH3 is 2. The molecule has 0 spiro atoms. The van der Waals surface area contributed by atoms with Crippen molar-refractivity contribution in [2.75, 3.05) is 14.2 Å². The van der Waals surface area contributed by atoms with Crippen molar-refractivity contribution in [1.29, 1.82) is 0 Å². The number of hydrogen-bond acceptors (Lipinski definition) is 6. The predicted molar refractivity (Wildman–Crippen MR) is 114 cm³/mol. The first-order valence-corrected chi connectivity index (χ1v) is 9.29. The molecule has 0 atom stereocenters. The number of benzene rings is 2. The monoisotopic (exact) mass is 409 g/mol. The predicted octanol–water partition coefficient (Wildman–Crippen LogP) is 2.92. The number of rotatable bonds is 5. The van der Waals surface area contributed by atoms with Gasteiger partial charge in [0.15, 0.2) is 16.9 Å². The highest BCUT2D eigenvalue weighted by Gasteiger charge is 2.23. The fourth-order valence-electron chi connectivity index (χ4n) is 3.60. The van der Waals surface area contributed by atoms with Gasteiger partial charge in [0, 0.05) is 22.9 Å². The summed E-state index contributed by atoms with van der Waals surface area (Å²) in [7, 11) is 3.17. The Kier molecular flexibility index (Phi) is 6.23. The van der Waals surface area contributed by atoms with Gasteiger partial charge in [-0.2, -0.15) is 0 Å². The van der Waals surface area contributed by atoms with Gasteiger partial charge in [0.05, 0.1) is 26.3 Å². The van der Waals surface area contributed by atoms with E-state index in [1.54, 1.807) is 32.6 Å². The average Bonchev–Trinajstić information content (AvgIpc) is 2.75. The second-order valence-corrected chi connectivity index (χ2v) is 6.79. The highest BCUT2D eigenvalue weighted by molar-refractivity contribution is 5.81. The van der Waals surface area contributed by atoms with E-state index < -0.39 is 0 Å². The second-order valence-electron chi connectivity index (χ2n) is 6.79. The molecule has 0 unspecified atom stereocenters. The number of ether oxygens (including phenoxy) is 2. The van der Waals surface area contributed by atoms with Crippen molar-refractivity contribution in [3.05, 3.63) is 75.1 Å². The van der Waals surface area contributed by atoms with E-state index in [-0.39, 0.29) is 16.7 Å². The molecule has 3 aromatic rings. The van der Waals surface area contributed by atoms with Crippen LogP contribution < -0.4 is 14.9 Å². The zero-order valence-corrected chi connectivity index (χ0v) is 16.8. The van der Waals surface area contributed by atoms with Gasteiger partial charge in [-0.3, -0.25) is 9.79 Å². The van der Waals surface area contributed by atoms with Gasteiger partial charge < -0.3 is 24.5 Å². The van der Waals surface area contributed by atoms with Crippen molar-refractivity contribution >= 4 is 6.21 Å². The molecule has 1 heterocycles. The lowest BCUT2D eigenvalue weighted by molar-refractivity contribution is 0.354. The number of aromatic hydroxyl groups is 1. The Bertz CT molecular complexity index is 1150. The maximum Gasteiger partial charge on any atom is 0.197 e. The lowest BCUT2D eigenvalue weighted by Gasteiger charge is -2.18. The third-order valence-electron chi connectivity index (χ3n) is 5.09. The molecule has 30 heavy (non-hydrogen) atoms. The first kappa shape index (κ1) is 21.1. The van der Waals surface area contributed by atoms with Crippen molar-refractivity contribution in [1.82, 2.24) is 0 Å². The van der Waals surface area contributed by atoms with Crippen LogP contribution in [0.5, 0.6) is 17.2 Å². The maximum absolute atomic E-state index is 12.9. The van der Waals surface area contributed by atoms with Crippen molar-refractivity contribution in [2.45, 2.75) is 19.4 Å². The molecular formula is C23H23NO6. The van der Waals surface area contributed by atoms with Gasteiger partial charge in [-0.15, -0.1) is 0 Å². The van der Waals surface area contributed by atoms with Crippen molar-refractivity contribution in [2.24, 2.45) is 4.99 Å². The first-order chi connectivity index (χ1) is 14.1. The molecule has 0 aliphatic heterocycles. The fraction of sp³-hybridized carbons (Fsp3) is 0.217. The van der Waals surface area contributed by atoms with Crippen molar-refractivity contribution in [3.63, 3.8) is 0 Å². The van der Waals surface area contributed by atoms with Crippen LogP contribution in [0.25, 0.3) is 11.3 Å². The quantitative estimate of drug-likeness (QED) is 0.651. The number of phenolic OH excluding ortho intramolecular Hbond substituents is 1. The smallest absolute Gasteiger partial charge is 0.197 e. The second kappa shape index (κ2) is 8.84. The lowest BCUT2D eigenvalue weighted by Crippen LogP contribution is -2.19. The Balaban J connectivity index is 0.00000256. The molecule has 0 saturated heterocycles.